The molecule has 5 aromatic rings. The van der Waals surface area contributed by atoms with Crippen LogP contribution in [0, 0.1) is 0 Å². The molecular weight excluding hydrogens is 506 g/mol. The van der Waals surface area contributed by atoms with E-state index in [-0.39, 0.29) is 18.0 Å². The van der Waals surface area contributed by atoms with Crippen molar-refractivity contribution >= 4 is 29.3 Å². The third kappa shape index (κ3) is 4.59. The zero-order chi connectivity index (χ0) is 27.1. The van der Waals surface area contributed by atoms with E-state index in [2.05, 4.69) is 36.8 Å². The summed E-state index contributed by atoms with van der Waals surface area (Å²) in [5, 5.41) is 13.5. The van der Waals surface area contributed by atoms with Crippen molar-refractivity contribution in [1.29, 1.82) is 0 Å². The van der Waals surface area contributed by atoms with Crippen molar-refractivity contribution in [2.75, 3.05) is 23.9 Å². The highest BCUT2D eigenvalue weighted by atomic mass is 16.5. The van der Waals surface area contributed by atoms with Gasteiger partial charge in [-0.05, 0) is 49.9 Å². The van der Waals surface area contributed by atoms with Crippen molar-refractivity contribution in [3.8, 4) is 16.9 Å². The molecule has 3 N–H and O–H groups in total. The number of fused-ring (bicyclic) bond motifs is 1. The molecule has 1 unspecified atom stereocenters. The molecule has 4 aromatic heterocycles. The molecule has 11 heteroatoms. The van der Waals surface area contributed by atoms with Gasteiger partial charge in [0.2, 0.25) is 11.9 Å². The molecule has 1 atom stereocenters. The Morgan fingerprint density at radius 3 is 2.77 bits per heavy atom. The Morgan fingerprint density at radius 1 is 1.07 bits per heavy atom. The number of carbonyl (C=O) groups excluding carboxylic acids is 1. The average Bonchev–Trinajstić information content (AvgIpc) is 3.36. The van der Waals surface area contributed by atoms with Crippen molar-refractivity contribution in [3.05, 3.63) is 78.4 Å². The number of para-hydroxylation sites is 1. The number of benzene rings is 1. The van der Waals surface area contributed by atoms with Gasteiger partial charge in [-0.25, -0.2) is 0 Å². The van der Waals surface area contributed by atoms with Gasteiger partial charge in [-0.1, -0.05) is 24.3 Å². The number of carbonyl (C=O) groups is 1. The molecular formula is C29H29N9O2. The minimum atomic E-state index is -0.161. The molecule has 5 heterocycles. The summed E-state index contributed by atoms with van der Waals surface area (Å²) in [6, 6.07) is 17.9. The molecule has 2 fully saturated rings. The molecule has 1 aromatic carbocycles. The van der Waals surface area contributed by atoms with Gasteiger partial charge in [0.1, 0.15) is 17.1 Å². The van der Waals surface area contributed by atoms with Crippen LogP contribution in [0.4, 0.5) is 17.7 Å². The molecule has 1 aliphatic heterocycles. The Hall–Kier alpha value is -4.93. The largest absolute Gasteiger partial charge is 0.496 e. The smallest absolute Gasteiger partial charge is 0.269 e. The van der Waals surface area contributed by atoms with Gasteiger partial charge < -0.3 is 20.3 Å². The number of aromatic nitrogens is 6. The van der Waals surface area contributed by atoms with E-state index in [0.717, 1.165) is 60.4 Å². The summed E-state index contributed by atoms with van der Waals surface area (Å²) >= 11 is 0. The maximum absolute atomic E-state index is 12.5. The van der Waals surface area contributed by atoms with E-state index in [0.29, 0.717) is 23.4 Å². The van der Waals surface area contributed by atoms with Crippen LogP contribution in [0.25, 0.3) is 16.8 Å². The van der Waals surface area contributed by atoms with Crippen molar-refractivity contribution in [2.45, 2.75) is 37.8 Å². The van der Waals surface area contributed by atoms with Crippen LogP contribution in [0.15, 0.2) is 67.0 Å². The van der Waals surface area contributed by atoms with Crippen LogP contribution in [-0.2, 0) is 0 Å². The van der Waals surface area contributed by atoms with Gasteiger partial charge in [-0.2, -0.15) is 15.1 Å². The first-order valence-corrected chi connectivity index (χ1v) is 13.5. The molecule has 202 valence electrons. The lowest BCUT2D eigenvalue weighted by molar-refractivity contribution is 0.0946. The first-order chi connectivity index (χ1) is 19.7. The highest BCUT2D eigenvalue weighted by molar-refractivity contribution is 5.93. The van der Waals surface area contributed by atoms with E-state index < -0.39 is 0 Å². The normalized spacial score (nSPS) is 16.8. The second-order valence-corrected chi connectivity index (χ2v) is 10.2. The van der Waals surface area contributed by atoms with E-state index in [4.69, 9.17) is 14.7 Å². The fraction of sp³-hybridized carbons (Fsp3) is 0.276. The van der Waals surface area contributed by atoms with E-state index in [1.165, 1.54) is 0 Å². The van der Waals surface area contributed by atoms with Gasteiger partial charge in [-0.3, -0.25) is 19.3 Å². The first kappa shape index (κ1) is 24.1. The predicted octanol–water partition coefficient (Wildman–Crippen LogP) is 4.50. The topological polar surface area (TPSA) is 125 Å². The Morgan fingerprint density at radius 2 is 1.95 bits per heavy atom. The number of nitrogens with one attached hydrogen (secondary N) is 3. The Kier molecular flexibility index (Phi) is 6.03. The molecule has 0 spiro atoms. The van der Waals surface area contributed by atoms with Crippen molar-refractivity contribution in [1.82, 2.24) is 34.9 Å². The minimum Gasteiger partial charge on any atom is -0.496 e. The van der Waals surface area contributed by atoms with Crippen LogP contribution in [0.5, 0.6) is 5.75 Å². The number of anilines is 3. The van der Waals surface area contributed by atoms with Crippen LogP contribution >= 0.6 is 0 Å². The number of hydrogen-bond acceptors (Lipinski definition) is 8. The van der Waals surface area contributed by atoms with Crippen molar-refractivity contribution < 1.29 is 9.53 Å². The first-order valence-electron chi connectivity index (χ1n) is 13.5. The van der Waals surface area contributed by atoms with Gasteiger partial charge in [0.25, 0.3) is 5.91 Å². The summed E-state index contributed by atoms with van der Waals surface area (Å²) in [4.78, 5) is 29.3. The summed E-state index contributed by atoms with van der Waals surface area (Å²) in [7, 11) is 1.67. The van der Waals surface area contributed by atoms with Gasteiger partial charge in [-0.15, -0.1) is 0 Å². The fourth-order valence-electron chi connectivity index (χ4n) is 5.22. The number of methoxy groups -OCH3 is 1. The maximum atomic E-state index is 12.5. The molecule has 1 aliphatic carbocycles. The predicted molar refractivity (Wildman–Crippen MR) is 151 cm³/mol. The quantitative estimate of drug-likeness (QED) is 0.265. The van der Waals surface area contributed by atoms with E-state index in [1.54, 1.807) is 13.2 Å². The lowest BCUT2D eigenvalue weighted by Gasteiger charge is -2.24. The SMILES string of the molecule is COc1ccccc1-c1cc2nc(N3CCCC3c3ccccn3)nc(Nc3cc(C(=O)NC4CC4)[nH]n3)n2c1. The third-order valence-electron chi connectivity index (χ3n) is 7.38. The molecule has 1 saturated carbocycles. The minimum absolute atomic E-state index is 0.0863. The Balaban J connectivity index is 1.29. The highest BCUT2D eigenvalue weighted by Crippen LogP contribution is 2.36. The van der Waals surface area contributed by atoms with Crippen molar-refractivity contribution in [3.63, 3.8) is 0 Å². The second-order valence-electron chi connectivity index (χ2n) is 10.2. The molecule has 0 radical (unpaired) electrons. The number of aromatic amines is 1. The number of rotatable bonds is 8. The molecule has 1 amide bonds. The highest BCUT2D eigenvalue weighted by Gasteiger charge is 2.30. The van der Waals surface area contributed by atoms with Crippen LogP contribution in [-0.4, -0.2) is 55.2 Å². The van der Waals surface area contributed by atoms with Gasteiger partial charge in [0.15, 0.2) is 5.82 Å². The molecule has 7 rings (SSSR count). The molecule has 40 heavy (non-hydrogen) atoms. The lowest BCUT2D eigenvalue weighted by Crippen LogP contribution is -2.26. The molecule has 1 saturated heterocycles. The zero-order valence-corrected chi connectivity index (χ0v) is 22.0. The monoisotopic (exact) mass is 535 g/mol. The van der Waals surface area contributed by atoms with Crippen LogP contribution < -0.4 is 20.3 Å². The Bertz CT molecular complexity index is 1680. The number of hydrogen-bond donors (Lipinski definition) is 3. The summed E-state index contributed by atoms with van der Waals surface area (Å²) in [6.07, 6.45) is 7.83. The van der Waals surface area contributed by atoms with E-state index in [1.807, 2.05) is 59.3 Å². The number of H-pyrrole nitrogens is 1. The molecule has 0 bridgehead atoms. The van der Waals surface area contributed by atoms with Crippen LogP contribution in [0.3, 0.4) is 0 Å². The average molecular weight is 536 g/mol. The Labute approximate surface area is 230 Å². The fourth-order valence-corrected chi connectivity index (χ4v) is 5.22. The third-order valence-corrected chi connectivity index (χ3v) is 7.38. The van der Waals surface area contributed by atoms with Crippen LogP contribution in [0.1, 0.15) is 47.9 Å². The van der Waals surface area contributed by atoms with Crippen LogP contribution in [0.2, 0.25) is 0 Å². The van der Waals surface area contributed by atoms with E-state index in [9.17, 15) is 4.79 Å². The summed E-state index contributed by atoms with van der Waals surface area (Å²) < 4.78 is 7.52. The summed E-state index contributed by atoms with van der Waals surface area (Å²) in [5.41, 5.74) is 4.02. The van der Waals surface area contributed by atoms with Gasteiger partial charge >= 0.3 is 0 Å². The molecule has 11 nitrogen and oxygen atoms in total. The summed E-state index contributed by atoms with van der Waals surface area (Å²) in [6.45, 7) is 0.824. The van der Waals surface area contributed by atoms with Gasteiger partial charge in [0, 0.05) is 42.2 Å². The zero-order valence-electron chi connectivity index (χ0n) is 22.0. The maximum Gasteiger partial charge on any atom is 0.269 e. The standard InChI is InChI=1S/C29H29N9O2/c1-40-24-10-3-2-7-20(24)18-15-26-33-29(37-14-6-9-23(37)21-8-4-5-13-30-21)34-28(38(26)17-18)32-25-16-22(35-36-25)27(39)31-19-11-12-19/h2-5,7-8,10,13,15-17,19,23H,6,9,11-12,14H2,1H3,(H,31,39)(H2,32,33,34,35,36). The van der Waals surface area contributed by atoms with E-state index >= 15 is 0 Å². The second kappa shape index (κ2) is 9.99. The summed E-state index contributed by atoms with van der Waals surface area (Å²) in [5.74, 6) is 2.24. The molecule has 2 aliphatic rings. The lowest BCUT2D eigenvalue weighted by atomic mass is 10.1. The number of ether oxygens (including phenoxy) is 1. The van der Waals surface area contributed by atoms with Gasteiger partial charge in [0.05, 0.1) is 18.8 Å². The number of pyridine rings is 1. The number of nitrogens with zero attached hydrogens (tertiary/aromatic N) is 6. The number of amides is 1. The van der Waals surface area contributed by atoms with Crippen molar-refractivity contribution in [2.24, 2.45) is 0 Å².